The lowest BCUT2D eigenvalue weighted by molar-refractivity contribution is -0.254. The molecule has 4 heterocycles. The van der Waals surface area contributed by atoms with Gasteiger partial charge in [0.05, 0.1) is 11.9 Å². The minimum absolute atomic E-state index is 0.0838. The zero-order valence-electron chi connectivity index (χ0n) is 14.8. The molecule has 2 aliphatic heterocycles. The van der Waals surface area contributed by atoms with Crippen LogP contribution in [-0.2, 0) is 18.6 Å². The fourth-order valence-electron chi connectivity index (χ4n) is 3.75. The van der Waals surface area contributed by atoms with E-state index in [2.05, 4.69) is 15.0 Å². The molecule has 0 aromatic carbocycles. The molecule has 2 fully saturated rings. The number of aryl methyl sites for hydroxylation is 1. The number of aromatic amines is 1. The monoisotopic (exact) mass is 383 g/mol. The summed E-state index contributed by atoms with van der Waals surface area (Å²) in [6.45, 7) is 6.60. The summed E-state index contributed by atoms with van der Waals surface area (Å²) in [4.78, 5) is 23.1. The molecule has 0 amide bonds. The van der Waals surface area contributed by atoms with Crippen molar-refractivity contribution in [1.82, 2.24) is 19.5 Å². The molecule has 11 heteroatoms. The number of fused-ring (bicyclic) bond motifs is 3. The largest absolute Gasteiger partial charge is 0.504 e. The highest BCUT2D eigenvalue weighted by molar-refractivity contribution is 7.38. The van der Waals surface area contributed by atoms with E-state index in [1.807, 2.05) is 0 Å². The predicted molar refractivity (Wildman–Crippen MR) is 90.2 cm³/mol. The van der Waals surface area contributed by atoms with E-state index in [1.165, 1.54) is 13.0 Å². The maximum absolute atomic E-state index is 12.1. The molecule has 5 atom stereocenters. The third-order valence-corrected chi connectivity index (χ3v) is 5.63. The van der Waals surface area contributed by atoms with Gasteiger partial charge in [-0.3, -0.25) is 9.36 Å². The number of hydrogen-bond donors (Lipinski definition) is 2. The van der Waals surface area contributed by atoms with Crippen molar-refractivity contribution >= 4 is 19.2 Å². The SMILES string of the molecule is Cc1nc2c(ncn2[C@@H]2O[C@]3(CO[P+](C)=O)[C@@H](O)[C@H]2OC3(C)C)c(=O)[nH]1. The second-order valence-corrected chi connectivity index (χ2v) is 8.26. The summed E-state index contributed by atoms with van der Waals surface area (Å²) in [5.74, 6) is 0.440. The maximum atomic E-state index is 12.1. The van der Waals surface area contributed by atoms with Gasteiger partial charge in [0, 0.05) is 0 Å². The van der Waals surface area contributed by atoms with E-state index >= 15 is 0 Å². The van der Waals surface area contributed by atoms with Gasteiger partial charge in [-0.15, -0.1) is 4.52 Å². The predicted octanol–water partition coefficient (Wildman–Crippen LogP) is 0.623. The van der Waals surface area contributed by atoms with Crippen molar-refractivity contribution in [2.24, 2.45) is 0 Å². The van der Waals surface area contributed by atoms with Crippen LogP contribution in [0.4, 0.5) is 0 Å². The third kappa shape index (κ3) is 2.30. The molecule has 2 bridgehead atoms. The summed E-state index contributed by atoms with van der Waals surface area (Å²) < 4.78 is 30.5. The lowest BCUT2D eigenvalue weighted by Gasteiger charge is -2.41. The van der Waals surface area contributed by atoms with Gasteiger partial charge < -0.3 is 19.6 Å². The highest BCUT2D eigenvalue weighted by atomic mass is 31.1. The molecule has 2 aliphatic rings. The summed E-state index contributed by atoms with van der Waals surface area (Å²) in [6, 6.07) is 0. The van der Waals surface area contributed by atoms with E-state index in [4.69, 9.17) is 14.0 Å². The molecule has 26 heavy (non-hydrogen) atoms. The molecule has 0 aliphatic carbocycles. The third-order valence-electron chi connectivity index (χ3n) is 5.14. The fourth-order valence-corrected chi connectivity index (χ4v) is 4.12. The van der Waals surface area contributed by atoms with E-state index < -0.39 is 37.7 Å². The Morgan fingerprint density at radius 2 is 2.19 bits per heavy atom. The number of imidazole rings is 1. The molecule has 2 N–H and O–H groups in total. The van der Waals surface area contributed by atoms with Gasteiger partial charge in [-0.1, -0.05) is 0 Å². The summed E-state index contributed by atoms with van der Waals surface area (Å²) >= 11 is 0. The van der Waals surface area contributed by atoms with Gasteiger partial charge in [-0.2, -0.15) is 0 Å². The second kappa shape index (κ2) is 5.64. The Balaban J connectivity index is 1.77. The van der Waals surface area contributed by atoms with Crippen LogP contribution in [0.5, 0.6) is 0 Å². The molecule has 4 rings (SSSR count). The first-order valence-corrected chi connectivity index (χ1v) is 9.80. The van der Waals surface area contributed by atoms with Gasteiger partial charge >= 0.3 is 8.03 Å². The van der Waals surface area contributed by atoms with E-state index in [1.54, 1.807) is 25.3 Å². The zero-order chi connectivity index (χ0) is 18.9. The van der Waals surface area contributed by atoms with Crippen molar-refractivity contribution in [3.05, 3.63) is 22.5 Å². The Hall–Kier alpha value is -1.71. The summed E-state index contributed by atoms with van der Waals surface area (Å²) in [5, 5.41) is 10.8. The molecule has 0 saturated carbocycles. The van der Waals surface area contributed by atoms with Crippen LogP contribution >= 0.6 is 8.03 Å². The first kappa shape index (κ1) is 17.7. The first-order valence-electron chi connectivity index (χ1n) is 8.17. The number of hydrogen-bond acceptors (Lipinski definition) is 8. The zero-order valence-corrected chi connectivity index (χ0v) is 15.7. The van der Waals surface area contributed by atoms with Gasteiger partial charge in [0.2, 0.25) is 0 Å². The minimum atomic E-state index is -1.87. The molecule has 0 radical (unpaired) electrons. The Bertz CT molecular complexity index is 955. The first-order chi connectivity index (χ1) is 12.2. The molecule has 2 aromatic heterocycles. The quantitative estimate of drug-likeness (QED) is 0.736. The van der Waals surface area contributed by atoms with Crippen molar-refractivity contribution in [2.45, 2.75) is 50.4 Å². The topological polar surface area (TPSA) is 129 Å². The van der Waals surface area contributed by atoms with Crippen LogP contribution in [0.3, 0.4) is 0 Å². The maximum Gasteiger partial charge on any atom is 0.504 e. The van der Waals surface area contributed by atoms with E-state index in [0.717, 1.165) is 0 Å². The molecule has 140 valence electrons. The molecule has 2 aromatic rings. The number of nitrogens with zero attached hydrogens (tertiary/aromatic N) is 3. The van der Waals surface area contributed by atoms with E-state index in [0.29, 0.717) is 11.5 Å². The summed E-state index contributed by atoms with van der Waals surface area (Å²) in [6.07, 6.45) is -1.01. The molecule has 10 nitrogen and oxygen atoms in total. The molecular formula is C15H20N4O6P+. The van der Waals surface area contributed by atoms with E-state index in [9.17, 15) is 14.5 Å². The fraction of sp³-hybridized carbons (Fsp3) is 0.667. The van der Waals surface area contributed by atoms with E-state index in [-0.39, 0.29) is 17.7 Å². The van der Waals surface area contributed by atoms with Crippen LogP contribution in [-0.4, -0.2) is 61.3 Å². The van der Waals surface area contributed by atoms with Crippen LogP contribution in [0.1, 0.15) is 25.9 Å². The number of nitrogens with one attached hydrogen (secondary N) is 1. The Morgan fingerprint density at radius 1 is 1.46 bits per heavy atom. The van der Waals surface area contributed by atoms with Crippen LogP contribution in [0.2, 0.25) is 0 Å². The average Bonchev–Trinajstić information content (AvgIpc) is 3.12. The number of aliphatic hydroxyl groups excluding tert-OH is 1. The average molecular weight is 383 g/mol. The lowest BCUT2D eigenvalue weighted by atomic mass is 9.84. The normalized spacial score (nSPS) is 33.1. The van der Waals surface area contributed by atoms with Crippen molar-refractivity contribution in [1.29, 1.82) is 0 Å². The number of ether oxygens (including phenoxy) is 2. The molecular weight excluding hydrogens is 363 g/mol. The molecule has 1 unspecified atom stereocenters. The number of rotatable bonds is 4. The molecule has 0 spiro atoms. The number of aromatic nitrogens is 4. The molecule has 2 saturated heterocycles. The standard InChI is InChI=1S/C15H19N4O6P/c1-7-17-11-8(12(21)18-7)16-6-19(11)13-9-10(20)15(25-13,5-23-26(4)22)14(2,3)24-9/h6,9-10,13,20H,5H2,1-4H3/p+1/t9-,10+,13-,15-/m1/s1. The van der Waals surface area contributed by atoms with Gasteiger partial charge in [0.1, 0.15) is 24.6 Å². The van der Waals surface area contributed by atoms with Crippen LogP contribution in [0.15, 0.2) is 11.1 Å². The lowest BCUT2D eigenvalue weighted by Crippen LogP contribution is -2.57. The van der Waals surface area contributed by atoms with Gasteiger partial charge in [-0.05, 0) is 25.3 Å². The Labute approximate surface area is 149 Å². The minimum Gasteiger partial charge on any atom is -0.387 e. The Morgan fingerprint density at radius 3 is 2.88 bits per heavy atom. The highest BCUT2D eigenvalue weighted by Gasteiger charge is 2.71. The number of aliphatic hydroxyl groups is 1. The van der Waals surface area contributed by atoms with Gasteiger partial charge in [-0.25, -0.2) is 9.97 Å². The van der Waals surface area contributed by atoms with Crippen molar-refractivity contribution in [3.8, 4) is 0 Å². The Kier molecular flexibility index (Phi) is 3.84. The van der Waals surface area contributed by atoms with Crippen LogP contribution in [0.25, 0.3) is 11.2 Å². The van der Waals surface area contributed by atoms with Crippen LogP contribution < -0.4 is 5.56 Å². The van der Waals surface area contributed by atoms with Crippen molar-refractivity contribution in [2.75, 3.05) is 13.3 Å². The summed E-state index contributed by atoms with van der Waals surface area (Å²) in [7, 11) is -1.87. The van der Waals surface area contributed by atoms with Crippen molar-refractivity contribution < 1.29 is 23.7 Å². The smallest absolute Gasteiger partial charge is 0.387 e. The van der Waals surface area contributed by atoms with Crippen molar-refractivity contribution in [3.63, 3.8) is 0 Å². The summed E-state index contributed by atoms with van der Waals surface area (Å²) in [5.41, 5.74) is -1.88. The second-order valence-electron chi connectivity index (χ2n) is 7.12. The van der Waals surface area contributed by atoms with Gasteiger partial charge in [0.25, 0.3) is 5.56 Å². The number of H-pyrrole nitrogens is 1. The highest BCUT2D eigenvalue weighted by Crippen LogP contribution is 2.54. The van der Waals surface area contributed by atoms with Gasteiger partial charge in [0.15, 0.2) is 29.7 Å². The van der Waals surface area contributed by atoms with Crippen LogP contribution in [0, 0.1) is 6.92 Å².